The molecule has 1 rings (SSSR count). The van der Waals surface area contributed by atoms with Crippen molar-refractivity contribution in [1.29, 1.82) is 0 Å². The summed E-state index contributed by atoms with van der Waals surface area (Å²) in [6.45, 7) is 0.683. The van der Waals surface area contributed by atoms with Gasteiger partial charge in [0.15, 0.2) is 0 Å². The Hall–Kier alpha value is -1.80. The molecular formula is C10H16N4O3S. The summed E-state index contributed by atoms with van der Waals surface area (Å²) in [5.41, 5.74) is 5.38. The smallest absolute Gasteiger partial charge is 0.312 e. The molecular weight excluding hydrogens is 256 g/mol. The summed E-state index contributed by atoms with van der Waals surface area (Å²) in [4.78, 5) is 10.6. The van der Waals surface area contributed by atoms with Crippen molar-refractivity contribution in [3.63, 3.8) is 0 Å². The normalized spacial score (nSPS) is 10.9. The van der Waals surface area contributed by atoms with Gasteiger partial charge in [-0.15, -0.1) is 0 Å². The lowest BCUT2D eigenvalue weighted by molar-refractivity contribution is 0.249. The van der Waals surface area contributed by atoms with Crippen molar-refractivity contribution in [2.75, 3.05) is 25.5 Å². The maximum atomic E-state index is 11.7. The highest BCUT2D eigenvalue weighted by Crippen LogP contribution is 2.19. The van der Waals surface area contributed by atoms with Gasteiger partial charge in [0.2, 0.25) is 10.0 Å². The van der Waals surface area contributed by atoms with E-state index in [1.807, 2.05) is 0 Å². The first-order chi connectivity index (χ1) is 8.47. The van der Waals surface area contributed by atoms with Crippen LogP contribution in [0.1, 0.15) is 0 Å². The minimum absolute atomic E-state index is 0.159. The van der Waals surface area contributed by atoms with Crippen molar-refractivity contribution in [3.8, 4) is 0 Å². The second-order valence-electron chi connectivity index (χ2n) is 3.42. The number of carbonyl (C=O) groups is 1. The minimum atomic E-state index is -3.51. The van der Waals surface area contributed by atoms with Crippen molar-refractivity contribution in [2.45, 2.75) is 4.90 Å². The van der Waals surface area contributed by atoms with Gasteiger partial charge in [-0.3, -0.25) is 0 Å². The fourth-order valence-corrected chi connectivity index (χ4v) is 2.25. The van der Waals surface area contributed by atoms with Crippen LogP contribution >= 0.6 is 0 Å². The van der Waals surface area contributed by atoms with E-state index in [9.17, 15) is 13.2 Å². The van der Waals surface area contributed by atoms with Gasteiger partial charge in [-0.1, -0.05) is 12.1 Å². The maximum Gasteiger partial charge on any atom is 0.312 e. The SMILES string of the molecule is CNS(=O)(=O)c1ccccc1NCCNC(N)=O. The van der Waals surface area contributed by atoms with E-state index in [0.717, 1.165) is 0 Å². The fourth-order valence-electron chi connectivity index (χ4n) is 1.34. The Bertz CT molecular complexity index is 516. The highest BCUT2D eigenvalue weighted by molar-refractivity contribution is 7.89. The second-order valence-corrected chi connectivity index (χ2v) is 5.28. The molecule has 0 aliphatic carbocycles. The van der Waals surface area contributed by atoms with Crippen molar-refractivity contribution in [2.24, 2.45) is 5.73 Å². The predicted octanol–water partition coefficient (Wildman–Crippen LogP) is -0.325. The van der Waals surface area contributed by atoms with E-state index in [0.29, 0.717) is 18.8 Å². The van der Waals surface area contributed by atoms with Crippen LogP contribution in [0.2, 0.25) is 0 Å². The number of hydrogen-bond acceptors (Lipinski definition) is 4. The number of anilines is 1. The summed E-state index contributed by atoms with van der Waals surface area (Å²) < 4.78 is 25.7. The van der Waals surface area contributed by atoms with Gasteiger partial charge in [-0.25, -0.2) is 17.9 Å². The molecule has 0 fully saturated rings. The first-order valence-electron chi connectivity index (χ1n) is 5.27. The Morgan fingerprint density at radius 1 is 1.28 bits per heavy atom. The summed E-state index contributed by atoms with van der Waals surface area (Å²) in [7, 11) is -2.16. The average molecular weight is 272 g/mol. The lowest BCUT2D eigenvalue weighted by Crippen LogP contribution is -2.33. The highest BCUT2D eigenvalue weighted by atomic mass is 32.2. The molecule has 0 heterocycles. The van der Waals surface area contributed by atoms with Gasteiger partial charge < -0.3 is 16.4 Å². The number of sulfonamides is 1. The minimum Gasteiger partial charge on any atom is -0.382 e. The van der Waals surface area contributed by atoms with Gasteiger partial charge in [0.1, 0.15) is 4.90 Å². The van der Waals surface area contributed by atoms with E-state index in [4.69, 9.17) is 5.73 Å². The van der Waals surface area contributed by atoms with Crippen LogP contribution in [-0.2, 0) is 10.0 Å². The first kappa shape index (κ1) is 14.3. The van der Waals surface area contributed by atoms with E-state index in [1.165, 1.54) is 13.1 Å². The number of benzene rings is 1. The largest absolute Gasteiger partial charge is 0.382 e. The molecule has 0 aliphatic heterocycles. The highest BCUT2D eigenvalue weighted by Gasteiger charge is 2.15. The number of hydrogen-bond donors (Lipinski definition) is 4. The number of para-hydroxylation sites is 1. The third kappa shape index (κ3) is 3.90. The molecule has 100 valence electrons. The van der Waals surface area contributed by atoms with Gasteiger partial charge in [-0.2, -0.15) is 0 Å². The summed E-state index contributed by atoms with van der Waals surface area (Å²) >= 11 is 0. The van der Waals surface area contributed by atoms with Crippen LogP contribution in [0.5, 0.6) is 0 Å². The van der Waals surface area contributed by atoms with Crippen LogP contribution in [0.15, 0.2) is 29.2 Å². The molecule has 8 heteroatoms. The molecule has 0 unspecified atom stereocenters. The molecule has 1 aromatic rings. The molecule has 7 nitrogen and oxygen atoms in total. The Morgan fingerprint density at radius 2 is 1.94 bits per heavy atom. The second kappa shape index (κ2) is 6.22. The summed E-state index contributed by atoms with van der Waals surface area (Å²) in [6.07, 6.45) is 0. The molecule has 18 heavy (non-hydrogen) atoms. The number of primary amides is 1. The van der Waals surface area contributed by atoms with E-state index >= 15 is 0 Å². The molecule has 2 amide bonds. The third-order valence-corrected chi connectivity index (χ3v) is 3.66. The van der Waals surface area contributed by atoms with Crippen LogP contribution in [0, 0.1) is 0 Å². The number of nitrogens with two attached hydrogens (primary N) is 1. The van der Waals surface area contributed by atoms with Crippen LogP contribution in [0.25, 0.3) is 0 Å². The Morgan fingerprint density at radius 3 is 2.56 bits per heavy atom. The van der Waals surface area contributed by atoms with Gasteiger partial charge in [0, 0.05) is 13.1 Å². The lowest BCUT2D eigenvalue weighted by Gasteiger charge is -2.11. The standard InChI is InChI=1S/C10H16N4O3S/c1-12-18(16,17)9-5-3-2-4-8(9)13-6-7-14-10(11)15/h2-5,12-13H,6-7H2,1H3,(H3,11,14,15). The van der Waals surface area contributed by atoms with Crippen molar-refractivity contribution in [3.05, 3.63) is 24.3 Å². The summed E-state index contributed by atoms with van der Waals surface area (Å²) in [5, 5.41) is 5.32. The van der Waals surface area contributed by atoms with Crippen LogP contribution in [0.4, 0.5) is 10.5 Å². The van der Waals surface area contributed by atoms with Crippen LogP contribution in [0.3, 0.4) is 0 Å². The Kier molecular flexibility index (Phi) is 4.93. The van der Waals surface area contributed by atoms with E-state index < -0.39 is 16.1 Å². The number of amides is 2. The van der Waals surface area contributed by atoms with Crippen molar-refractivity contribution in [1.82, 2.24) is 10.0 Å². The molecule has 0 spiro atoms. The van der Waals surface area contributed by atoms with Crippen molar-refractivity contribution < 1.29 is 13.2 Å². The lowest BCUT2D eigenvalue weighted by atomic mass is 10.3. The molecule has 0 aliphatic rings. The van der Waals surface area contributed by atoms with E-state index in [1.54, 1.807) is 18.2 Å². The average Bonchev–Trinajstić information content (AvgIpc) is 2.35. The number of nitrogens with one attached hydrogen (secondary N) is 3. The number of rotatable bonds is 6. The first-order valence-corrected chi connectivity index (χ1v) is 6.75. The third-order valence-electron chi connectivity index (χ3n) is 2.18. The molecule has 0 saturated carbocycles. The zero-order valence-electron chi connectivity index (χ0n) is 9.93. The monoisotopic (exact) mass is 272 g/mol. The fraction of sp³-hybridized carbons (Fsp3) is 0.300. The Balaban J connectivity index is 2.75. The van der Waals surface area contributed by atoms with Crippen LogP contribution in [-0.4, -0.2) is 34.6 Å². The quantitative estimate of drug-likeness (QED) is 0.531. The predicted molar refractivity (Wildman–Crippen MR) is 68.8 cm³/mol. The molecule has 0 atom stereocenters. The topological polar surface area (TPSA) is 113 Å². The van der Waals surface area contributed by atoms with E-state index in [2.05, 4.69) is 15.4 Å². The summed E-state index contributed by atoms with van der Waals surface area (Å²) in [6, 6.07) is 5.88. The van der Waals surface area contributed by atoms with Crippen LogP contribution < -0.4 is 21.1 Å². The summed E-state index contributed by atoms with van der Waals surface area (Å²) in [5.74, 6) is 0. The molecule has 5 N–H and O–H groups in total. The molecule has 0 bridgehead atoms. The number of carbonyl (C=O) groups excluding carboxylic acids is 1. The Labute approximate surface area is 106 Å². The van der Waals surface area contributed by atoms with E-state index in [-0.39, 0.29) is 4.90 Å². The van der Waals surface area contributed by atoms with Gasteiger partial charge in [0.05, 0.1) is 5.69 Å². The van der Waals surface area contributed by atoms with Crippen molar-refractivity contribution >= 4 is 21.7 Å². The zero-order valence-corrected chi connectivity index (χ0v) is 10.8. The van der Waals surface area contributed by atoms with Gasteiger partial charge in [-0.05, 0) is 19.2 Å². The number of urea groups is 1. The molecule has 0 radical (unpaired) electrons. The molecule has 1 aromatic carbocycles. The molecule has 0 aromatic heterocycles. The maximum absolute atomic E-state index is 11.7. The van der Waals surface area contributed by atoms with Gasteiger partial charge >= 0.3 is 6.03 Å². The zero-order chi connectivity index (χ0) is 13.6. The van der Waals surface area contributed by atoms with Gasteiger partial charge in [0.25, 0.3) is 0 Å². The molecule has 0 saturated heterocycles.